The Kier molecular flexibility index (Phi) is 2.81. The number of aromatic amines is 1. The van der Waals surface area contributed by atoms with Gasteiger partial charge in [-0.2, -0.15) is 4.68 Å². The largest absolute Gasteiger partial charge is 0.348 e. The van der Waals surface area contributed by atoms with Gasteiger partial charge in [0.15, 0.2) is 0 Å². The predicted octanol–water partition coefficient (Wildman–Crippen LogP) is 0.312. The normalized spacial score (nSPS) is 16.7. The highest BCUT2D eigenvalue weighted by Crippen LogP contribution is 2.05. The van der Waals surface area contributed by atoms with Gasteiger partial charge < -0.3 is 5.01 Å². The Morgan fingerprint density at radius 1 is 1.20 bits per heavy atom. The number of halogens is 1. The van der Waals surface area contributed by atoms with Crippen LogP contribution >= 0.6 is 11.6 Å². The number of H-pyrrole nitrogens is 1. The molecule has 0 spiro atoms. The summed E-state index contributed by atoms with van der Waals surface area (Å²) in [6.07, 6.45) is 3.17. The van der Waals surface area contributed by atoms with E-state index < -0.39 is 5.69 Å². The molecular formula is C9H12ClN3O2. The van der Waals surface area contributed by atoms with Gasteiger partial charge in [0.1, 0.15) is 5.15 Å². The van der Waals surface area contributed by atoms with Gasteiger partial charge in [-0.05, 0) is 19.3 Å². The molecule has 1 N–H and O–H groups in total. The first kappa shape index (κ1) is 10.3. The molecule has 5 nitrogen and oxygen atoms in total. The number of aromatic nitrogens is 2. The first-order chi connectivity index (χ1) is 7.18. The maximum Gasteiger partial charge on any atom is 0.348 e. The molecule has 0 bridgehead atoms. The number of hydrogen-bond donors (Lipinski definition) is 1. The maximum atomic E-state index is 11.6. The van der Waals surface area contributed by atoms with Crippen molar-refractivity contribution in [2.24, 2.45) is 0 Å². The Morgan fingerprint density at radius 2 is 1.87 bits per heavy atom. The minimum atomic E-state index is -0.464. The van der Waals surface area contributed by atoms with E-state index in [0.29, 0.717) is 0 Å². The number of nitrogens with one attached hydrogen (secondary N) is 1. The van der Waals surface area contributed by atoms with E-state index in [1.165, 1.54) is 6.07 Å². The van der Waals surface area contributed by atoms with Gasteiger partial charge in [0.05, 0.1) is 0 Å². The zero-order valence-electron chi connectivity index (χ0n) is 8.20. The molecule has 1 aliphatic rings. The van der Waals surface area contributed by atoms with Gasteiger partial charge in [-0.15, -0.1) is 0 Å². The van der Waals surface area contributed by atoms with Crippen molar-refractivity contribution in [3.63, 3.8) is 0 Å². The lowest BCUT2D eigenvalue weighted by atomic mass is 10.2. The van der Waals surface area contributed by atoms with Gasteiger partial charge in [0.2, 0.25) is 0 Å². The van der Waals surface area contributed by atoms with E-state index in [4.69, 9.17) is 11.6 Å². The van der Waals surface area contributed by atoms with Crippen molar-refractivity contribution in [1.82, 2.24) is 9.66 Å². The van der Waals surface area contributed by atoms with E-state index in [-0.39, 0.29) is 10.7 Å². The number of rotatable bonds is 1. The second-order valence-electron chi connectivity index (χ2n) is 3.59. The van der Waals surface area contributed by atoms with Gasteiger partial charge in [-0.3, -0.25) is 9.78 Å². The molecule has 6 heteroatoms. The molecule has 1 aliphatic heterocycles. The van der Waals surface area contributed by atoms with Crippen molar-refractivity contribution in [2.75, 3.05) is 18.1 Å². The summed E-state index contributed by atoms with van der Waals surface area (Å²) in [4.78, 5) is 25.5. The highest BCUT2D eigenvalue weighted by atomic mass is 35.5. The zero-order chi connectivity index (χ0) is 10.8. The van der Waals surface area contributed by atoms with Crippen LogP contribution in [0.1, 0.15) is 19.3 Å². The molecule has 0 aliphatic carbocycles. The Labute approximate surface area is 91.3 Å². The third kappa shape index (κ3) is 2.07. The maximum absolute atomic E-state index is 11.6. The molecule has 0 atom stereocenters. The number of piperidine rings is 1. The molecule has 0 radical (unpaired) electrons. The predicted molar refractivity (Wildman–Crippen MR) is 58.1 cm³/mol. The fraction of sp³-hybridized carbons (Fsp3) is 0.556. The fourth-order valence-corrected chi connectivity index (χ4v) is 1.98. The van der Waals surface area contributed by atoms with Gasteiger partial charge in [0, 0.05) is 19.2 Å². The molecule has 1 aromatic rings. The van der Waals surface area contributed by atoms with E-state index in [9.17, 15) is 9.59 Å². The van der Waals surface area contributed by atoms with Crippen LogP contribution in [-0.4, -0.2) is 22.7 Å². The molecule has 1 saturated heterocycles. The molecule has 0 amide bonds. The lowest BCUT2D eigenvalue weighted by Gasteiger charge is -2.28. The average Bonchev–Trinajstić information content (AvgIpc) is 2.17. The van der Waals surface area contributed by atoms with Crippen molar-refractivity contribution in [1.29, 1.82) is 0 Å². The molecular weight excluding hydrogens is 218 g/mol. The Bertz CT molecular complexity index is 428. The lowest BCUT2D eigenvalue weighted by Crippen LogP contribution is -2.52. The summed E-state index contributed by atoms with van der Waals surface area (Å²) in [5.74, 6) is 0. The average molecular weight is 230 g/mol. The summed E-state index contributed by atoms with van der Waals surface area (Å²) < 4.78 is 1.13. The minimum absolute atomic E-state index is 0.0817. The van der Waals surface area contributed by atoms with E-state index in [1.54, 1.807) is 5.01 Å². The summed E-state index contributed by atoms with van der Waals surface area (Å²) in [7, 11) is 0. The smallest absolute Gasteiger partial charge is 0.306 e. The van der Waals surface area contributed by atoms with Crippen LogP contribution in [0.25, 0.3) is 0 Å². The van der Waals surface area contributed by atoms with Crippen LogP contribution in [0.15, 0.2) is 15.7 Å². The van der Waals surface area contributed by atoms with Crippen LogP contribution in [-0.2, 0) is 0 Å². The van der Waals surface area contributed by atoms with Crippen LogP contribution in [0.5, 0.6) is 0 Å². The molecule has 1 fully saturated rings. The van der Waals surface area contributed by atoms with Gasteiger partial charge >= 0.3 is 5.69 Å². The van der Waals surface area contributed by atoms with Crippen LogP contribution in [0.4, 0.5) is 0 Å². The highest BCUT2D eigenvalue weighted by Gasteiger charge is 2.14. The quantitative estimate of drug-likeness (QED) is 0.706. The van der Waals surface area contributed by atoms with Gasteiger partial charge in [-0.25, -0.2) is 4.79 Å². The first-order valence-corrected chi connectivity index (χ1v) is 5.33. The van der Waals surface area contributed by atoms with E-state index in [2.05, 4.69) is 4.98 Å². The Balaban J connectivity index is 2.43. The SMILES string of the molecule is O=c1cc(Cl)[nH]c(=O)n1N1CCCCC1. The Hall–Kier alpha value is -1.23. The first-order valence-electron chi connectivity index (χ1n) is 4.95. The molecule has 0 saturated carbocycles. The second-order valence-corrected chi connectivity index (χ2v) is 3.99. The Morgan fingerprint density at radius 3 is 2.47 bits per heavy atom. The van der Waals surface area contributed by atoms with Crippen molar-refractivity contribution in [3.8, 4) is 0 Å². The molecule has 15 heavy (non-hydrogen) atoms. The minimum Gasteiger partial charge on any atom is -0.306 e. The van der Waals surface area contributed by atoms with Crippen LogP contribution < -0.4 is 16.3 Å². The molecule has 2 heterocycles. The highest BCUT2D eigenvalue weighted by molar-refractivity contribution is 6.29. The fourth-order valence-electron chi connectivity index (χ4n) is 1.81. The third-order valence-corrected chi connectivity index (χ3v) is 2.70. The summed E-state index contributed by atoms with van der Waals surface area (Å²) in [5, 5.41) is 1.85. The summed E-state index contributed by atoms with van der Waals surface area (Å²) in [6, 6.07) is 1.22. The van der Waals surface area contributed by atoms with Crippen molar-refractivity contribution >= 4 is 11.6 Å². The van der Waals surface area contributed by atoms with E-state index in [0.717, 1.165) is 37.0 Å². The lowest BCUT2D eigenvalue weighted by molar-refractivity contribution is 0.456. The monoisotopic (exact) mass is 229 g/mol. The molecule has 0 unspecified atom stereocenters. The van der Waals surface area contributed by atoms with Crippen LogP contribution in [0.3, 0.4) is 0 Å². The molecule has 0 aromatic carbocycles. The molecule has 2 rings (SSSR count). The van der Waals surface area contributed by atoms with Crippen molar-refractivity contribution < 1.29 is 0 Å². The van der Waals surface area contributed by atoms with Crippen molar-refractivity contribution in [2.45, 2.75) is 19.3 Å². The zero-order valence-corrected chi connectivity index (χ0v) is 8.96. The standard InChI is InChI=1S/C9H12ClN3O2/c10-7-6-8(14)13(9(15)11-7)12-4-2-1-3-5-12/h6H,1-5H2,(H,11,15). The van der Waals surface area contributed by atoms with Crippen LogP contribution in [0.2, 0.25) is 5.15 Å². The number of hydrogen-bond acceptors (Lipinski definition) is 3. The van der Waals surface area contributed by atoms with Crippen molar-refractivity contribution in [3.05, 3.63) is 32.1 Å². The second kappa shape index (κ2) is 4.10. The summed E-state index contributed by atoms with van der Waals surface area (Å²) >= 11 is 5.57. The van der Waals surface area contributed by atoms with Gasteiger partial charge in [-0.1, -0.05) is 11.6 Å². The third-order valence-electron chi connectivity index (χ3n) is 2.49. The van der Waals surface area contributed by atoms with Gasteiger partial charge in [0.25, 0.3) is 5.56 Å². The summed E-state index contributed by atoms with van der Waals surface area (Å²) in [5.41, 5.74) is -0.833. The molecule has 82 valence electrons. The topological polar surface area (TPSA) is 58.1 Å². The number of nitrogens with zero attached hydrogens (tertiary/aromatic N) is 2. The van der Waals surface area contributed by atoms with Crippen LogP contribution in [0, 0.1) is 0 Å². The molecule has 1 aromatic heterocycles. The summed E-state index contributed by atoms with van der Waals surface area (Å²) in [6.45, 7) is 1.48. The van der Waals surface area contributed by atoms with E-state index >= 15 is 0 Å². The van der Waals surface area contributed by atoms with E-state index in [1.807, 2.05) is 0 Å².